The lowest BCUT2D eigenvalue weighted by Crippen LogP contribution is -2.57. The standard InChI is InChI=1S/C18H16Br2N2O2/c1-12-17(23)22(16-7-5-14(19)6-8-16)10-9-21(12)18(24)13-3-2-4-15(20)11-13/h2-8,11-12H,9-10H2,1H3/t12-/m1/s1. The van der Waals surface area contributed by atoms with Crippen LogP contribution in [0.2, 0.25) is 0 Å². The highest BCUT2D eigenvalue weighted by Gasteiger charge is 2.35. The summed E-state index contributed by atoms with van der Waals surface area (Å²) in [5, 5.41) is 0. The number of amides is 2. The first-order chi connectivity index (χ1) is 11.5. The highest BCUT2D eigenvalue weighted by molar-refractivity contribution is 9.10. The average molecular weight is 452 g/mol. The Kier molecular flexibility index (Phi) is 5.06. The van der Waals surface area contributed by atoms with Gasteiger partial charge in [-0.2, -0.15) is 0 Å². The molecule has 0 aromatic heterocycles. The molecular formula is C18H16Br2N2O2. The van der Waals surface area contributed by atoms with Crippen molar-refractivity contribution in [2.75, 3.05) is 18.0 Å². The van der Waals surface area contributed by atoms with Crippen LogP contribution in [0.3, 0.4) is 0 Å². The summed E-state index contributed by atoms with van der Waals surface area (Å²) in [5.74, 6) is -0.181. The molecule has 3 rings (SSSR count). The Bertz CT molecular complexity index is 777. The highest BCUT2D eigenvalue weighted by atomic mass is 79.9. The van der Waals surface area contributed by atoms with E-state index in [1.54, 1.807) is 28.9 Å². The lowest BCUT2D eigenvalue weighted by atomic mass is 10.1. The largest absolute Gasteiger partial charge is 0.325 e. The minimum Gasteiger partial charge on any atom is -0.325 e. The summed E-state index contributed by atoms with van der Waals surface area (Å²) in [6.07, 6.45) is 0. The second-order valence-corrected chi connectivity index (χ2v) is 7.48. The zero-order chi connectivity index (χ0) is 17.3. The zero-order valence-electron chi connectivity index (χ0n) is 13.1. The number of carbonyl (C=O) groups is 2. The van der Waals surface area contributed by atoms with Crippen LogP contribution >= 0.6 is 31.9 Å². The van der Waals surface area contributed by atoms with Crippen LogP contribution in [0.4, 0.5) is 5.69 Å². The van der Waals surface area contributed by atoms with Crippen LogP contribution in [0, 0.1) is 0 Å². The molecule has 6 heteroatoms. The third-order valence-corrected chi connectivity index (χ3v) is 5.15. The van der Waals surface area contributed by atoms with Crippen molar-refractivity contribution in [2.45, 2.75) is 13.0 Å². The lowest BCUT2D eigenvalue weighted by Gasteiger charge is -2.39. The fraction of sp³-hybridized carbons (Fsp3) is 0.222. The predicted octanol–water partition coefficient (Wildman–Crippen LogP) is 4.09. The molecule has 0 saturated carbocycles. The van der Waals surface area contributed by atoms with Crippen molar-refractivity contribution < 1.29 is 9.59 Å². The van der Waals surface area contributed by atoms with E-state index in [2.05, 4.69) is 31.9 Å². The Hall–Kier alpha value is -1.66. The van der Waals surface area contributed by atoms with E-state index >= 15 is 0 Å². The lowest BCUT2D eigenvalue weighted by molar-refractivity contribution is -0.124. The van der Waals surface area contributed by atoms with Crippen molar-refractivity contribution in [2.24, 2.45) is 0 Å². The number of rotatable bonds is 2. The van der Waals surface area contributed by atoms with E-state index in [1.807, 2.05) is 36.4 Å². The van der Waals surface area contributed by atoms with Gasteiger partial charge in [0, 0.05) is 33.3 Å². The molecule has 1 saturated heterocycles. The molecule has 24 heavy (non-hydrogen) atoms. The van der Waals surface area contributed by atoms with Gasteiger partial charge in [-0.3, -0.25) is 9.59 Å². The Labute approximate surface area is 157 Å². The van der Waals surface area contributed by atoms with E-state index in [9.17, 15) is 9.59 Å². The molecule has 0 N–H and O–H groups in total. The maximum Gasteiger partial charge on any atom is 0.254 e. The molecule has 1 heterocycles. The van der Waals surface area contributed by atoms with Crippen molar-refractivity contribution in [3.8, 4) is 0 Å². The number of carbonyl (C=O) groups excluding carboxylic acids is 2. The Morgan fingerprint density at radius 1 is 1.04 bits per heavy atom. The van der Waals surface area contributed by atoms with E-state index in [0.29, 0.717) is 18.7 Å². The first kappa shape index (κ1) is 17.2. The van der Waals surface area contributed by atoms with Gasteiger partial charge in [-0.25, -0.2) is 0 Å². The summed E-state index contributed by atoms with van der Waals surface area (Å²) in [6.45, 7) is 2.78. The molecule has 4 nitrogen and oxygen atoms in total. The number of nitrogens with zero attached hydrogens (tertiary/aromatic N) is 2. The summed E-state index contributed by atoms with van der Waals surface area (Å²) >= 11 is 6.77. The molecular weight excluding hydrogens is 436 g/mol. The van der Waals surface area contributed by atoms with Crippen molar-refractivity contribution in [1.82, 2.24) is 4.90 Å². The second-order valence-electron chi connectivity index (χ2n) is 5.65. The fourth-order valence-electron chi connectivity index (χ4n) is 2.81. The summed E-state index contributed by atoms with van der Waals surface area (Å²) in [6, 6.07) is 14.4. The van der Waals surface area contributed by atoms with Gasteiger partial charge in [-0.1, -0.05) is 37.9 Å². The van der Waals surface area contributed by atoms with Crippen LogP contribution in [0.5, 0.6) is 0 Å². The van der Waals surface area contributed by atoms with Gasteiger partial charge in [0.1, 0.15) is 6.04 Å². The minimum atomic E-state index is -0.492. The van der Waals surface area contributed by atoms with E-state index < -0.39 is 6.04 Å². The van der Waals surface area contributed by atoms with Crippen LogP contribution < -0.4 is 4.90 Å². The van der Waals surface area contributed by atoms with Gasteiger partial charge in [0.15, 0.2) is 0 Å². The highest BCUT2D eigenvalue weighted by Crippen LogP contribution is 2.24. The maximum atomic E-state index is 12.7. The van der Waals surface area contributed by atoms with Gasteiger partial charge in [-0.05, 0) is 49.4 Å². The van der Waals surface area contributed by atoms with Gasteiger partial charge in [0.05, 0.1) is 0 Å². The number of benzene rings is 2. The number of hydrogen-bond acceptors (Lipinski definition) is 2. The predicted molar refractivity (Wildman–Crippen MR) is 101 cm³/mol. The first-order valence-electron chi connectivity index (χ1n) is 7.61. The van der Waals surface area contributed by atoms with Crippen LogP contribution in [-0.4, -0.2) is 35.8 Å². The minimum absolute atomic E-state index is 0.0630. The third kappa shape index (κ3) is 3.39. The molecule has 0 radical (unpaired) electrons. The van der Waals surface area contributed by atoms with E-state index in [-0.39, 0.29) is 11.8 Å². The van der Waals surface area contributed by atoms with Crippen LogP contribution in [0.1, 0.15) is 17.3 Å². The SMILES string of the molecule is C[C@@H]1C(=O)N(c2ccc(Br)cc2)CCN1C(=O)c1cccc(Br)c1. The molecule has 2 aromatic carbocycles. The van der Waals surface area contributed by atoms with E-state index in [4.69, 9.17) is 0 Å². The van der Waals surface area contributed by atoms with E-state index in [1.165, 1.54) is 0 Å². The maximum absolute atomic E-state index is 12.7. The van der Waals surface area contributed by atoms with E-state index in [0.717, 1.165) is 14.6 Å². The molecule has 1 aliphatic heterocycles. The molecule has 0 aliphatic carbocycles. The number of anilines is 1. The molecule has 1 atom stereocenters. The van der Waals surface area contributed by atoms with Crippen molar-refractivity contribution in [1.29, 1.82) is 0 Å². The topological polar surface area (TPSA) is 40.6 Å². The molecule has 124 valence electrons. The second kappa shape index (κ2) is 7.07. The quantitative estimate of drug-likeness (QED) is 0.689. The first-order valence-corrected chi connectivity index (χ1v) is 9.19. The van der Waals surface area contributed by atoms with Gasteiger partial charge in [-0.15, -0.1) is 0 Å². The smallest absolute Gasteiger partial charge is 0.254 e. The Morgan fingerprint density at radius 3 is 2.42 bits per heavy atom. The molecule has 2 amide bonds. The number of hydrogen-bond donors (Lipinski definition) is 0. The molecule has 1 aliphatic rings. The third-order valence-electron chi connectivity index (χ3n) is 4.13. The van der Waals surface area contributed by atoms with Crippen molar-refractivity contribution in [3.05, 3.63) is 63.0 Å². The zero-order valence-corrected chi connectivity index (χ0v) is 16.2. The average Bonchev–Trinajstić information content (AvgIpc) is 2.58. The van der Waals surface area contributed by atoms with Crippen LogP contribution in [0.15, 0.2) is 57.5 Å². The molecule has 0 bridgehead atoms. The van der Waals surface area contributed by atoms with Crippen LogP contribution in [-0.2, 0) is 4.79 Å². The summed E-state index contributed by atoms with van der Waals surface area (Å²) in [4.78, 5) is 28.8. The van der Waals surface area contributed by atoms with Gasteiger partial charge in [0.2, 0.25) is 5.91 Å². The summed E-state index contributed by atoms with van der Waals surface area (Å²) in [5.41, 5.74) is 1.44. The summed E-state index contributed by atoms with van der Waals surface area (Å²) in [7, 11) is 0. The number of halogens is 2. The van der Waals surface area contributed by atoms with Crippen LogP contribution in [0.25, 0.3) is 0 Å². The van der Waals surface area contributed by atoms with Gasteiger partial charge < -0.3 is 9.80 Å². The molecule has 0 spiro atoms. The molecule has 1 fully saturated rings. The van der Waals surface area contributed by atoms with Crippen molar-refractivity contribution in [3.63, 3.8) is 0 Å². The fourth-order valence-corrected chi connectivity index (χ4v) is 3.48. The number of piperazine rings is 1. The monoisotopic (exact) mass is 450 g/mol. The summed E-state index contributed by atoms with van der Waals surface area (Å²) < 4.78 is 1.82. The van der Waals surface area contributed by atoms with Crippen molar-refractivity contribution >= 4 is 49.4 Å². The normalized spacial score (nSPS) is 18.0. The van der Waals surface area contributed by atoms with Gasteiger partial charge in [0.25, 0.3) is 5.91 Å². The Balaban J connectivity index is 1.79. The van der Waals surface area contributed by atoms with Gasteiger partial charge >= 0.3 is 0 Å². The molecule has 0 unspecified atom stereocenters. The molecule has 2 aromatic rings. The Morgan fingerprint density at radius 2 is 1.75 bits per heavy atom.